The topological polar surface area (TPSA) is 60.8 Å². The Morgan fingerprint density at radius 1 is 1.44 bits per heavy atom. The van der Waals surface area contributed by atoms with Crippen molar-refractivity contribution in [2.75, 3.05) is 6.54 Å². The standard InChI is InChI=1S/C12H21NO3/c1-11(2,3)12-5-4-8(14)6-9(12)13(7-12)10(15)16/h8-9,14H,4-7H2,1-3H3,(H,15,16). The molecular formula is C12H21NO3. The van der Waals surface area contributed by atoms with Crippen molar-refractivity contribution in [1.29, 1.82) is 0 Å². The van der Waals surface area contributed by atoms with Crippen LogP contribution in [0.15, 0.2) is 0 Å². The van der Waals surface area contributed by atoms with Crippen molar-refractivity contribution in [1.82, 2.24) is 4.90 Å². The van der Waals surface area contributed by atoms with E-state index in [1.165, 1.54) is 4.90 Å². The average Bonchev–Trinajstić information content (AvgIpc) is 2.08. The Labute approximate surface area is 96.3 Å². The quantitative estimate of drug-likeness (QED) is 0.664. The number of hydrogen-bond donors (Lipinski definition) is 2. The van der Waals surface area contributed by atoms with E-state index in [2.05, 4.69) is 20.8 Å². The molecule has 0 radical (unpaired) electrons. The van der Waals surface area contributed by atoms with Crippen LogP contribution in [0.4, 0.5) is 4.79 Å². The molecular weight excluding hydrogens is 206 g/mol. The summed E-state index contributed by atoms with van der Waals surface area (Å²) in [5.74, 6) is 0. The van der Waals surface area contributed by atoms with E-state index in [1.807, 2.05) is 0 Å². The number of fused-ring (bicyclic) bond motifs is 1. The van der Waals surface area contributed by atoms with Crippen LogP contribution in [-0.4, -0.2) is 39.9 Å². The second kappa shape index (κ2) is 3.36. The lowest BCUT2D eigenvalue weighted by Gasteiger charge is -2.65. The molecule has 92 valence electrons. The Bertz CT molecular complexity index is 310. The summed E-state index contributed by atoms with van der Waals surface area (Å²) in [6.45, 7) is 7.16. The molecule has 4 heteroatoms. The molecule has 0 aromatic carbocycles. The van der Waals surface area contributed by atoms with Gasteiger partial charge in [-0.2, -0.15) is 0 Å². The summed E-state index contributed by atoms with van der Waals surface area (Å²) in [6.07, 6.45) is 1.17. The molecule has 1 saturated heterocycles. The first kappa shape index (κ1) is 11.7. The number of rotatable bonds is 0. The molecule has 3 unspecified atom stereocenters. The fourth-order valence-electron chi connectivity index (χ4n) is 3.42. The minimum Gasteiger partial charge on any atom is -0.465 e. The lowest BCUT2D eigenvalue weighted by atomic mass is 9.51. The molecule has 2 fully saturated rings. The van der Waals surface area contributed by atoms with E-state index in [0.29, 0.717) is 13.0 Å². The first-order valence-corrected chi connectivity index (χ1v) is 5.95. The number of likely N-dealkylation sites (tertiary alicyclic amines) is 1. The van der Waals surface area contributed by atoms with Crippen LogP contribution >= 0.6 is 0 Å². The molecule has 0 aromatic rings. The van der Waals surface area contributed by atoms with Gasteiger partial charge in [0.15, 0.2) is 0 Å². The number of aliphatic hydroxyl groups excluding tert-OH is 1. The van der Waals surface area contributed by atoms with Gasteiger partial charge in [0.1, 0.15) is 0 Å². The van der Waals surface area contributed by atoms with Gasteiger partial charge >= 0.3 is 6.09 Å². The zero-order valence-electron chi connectivity index (χ0n) is 10.2. The Morgan fingerprint density at radius 3 is 2.56 bits per heavy atom. The lowest BCUT2D eigenvalue weighted by Crippen LogP contribution is -2.72. The summed E-state index contributed by atoms with van der Waals surface area (Å²) in [7, 11) is 0. The monoisotopic (exact) mass is 227 g/mol. The highest BCUT2D eigenvalue weighted by molar-refractivity contribution is 5.67. The van der Waals surface area contributed by atoms with E-state index in [4.69, 9.17) is 5.11 Å². The van der Waals surface area contributed by atoms with Crippen molar-refractivity contribution in [3.05, 3.63) is 0 Å². The number of aliphatic hydroxyl groups is 1. The van der Waals surface area contributed by atoms with E-state index in [0.717, 1.165) is 12.8 Å². The second-order valence-electron chi connectivity index (χ2n) is 6.26. The van der Waals surface area contributed by atoms with Gasteiger partial charge in [-0.1, -0.05) is 20.8 Å². The van der Waals surface area contributed by atoms with Crippen molar-refractivity contribution < 1.29 is 15.0 Å². The Kier molecular flexibility index (Phi) is 2.46. The molecule has 4 nitrogen and oxygen atoms in total. The number of amides is 1. The molecule has 0 aromatic heterocycles. The van der Waals surface area contributed by atoms with Crippen molar-refractivity contribution in [2.24, 2.45) is 10.8 Å². The molecule has 3 atom stereocenters. The summed E-state index contributed by atoms with van der Waals surface area (Å²) in [5.41, 5.74) is 0.175. The van der Waals surface area contributed by atoms with Gasteiger partial charge in [0.05, 0.1) is 6.10 Å². The molecule has 0 spiro atoms. The van der Waals surface area contributed by atoms with Crippen LogP contribution in [0.1, 0.15) is 40.0 Å². The molecule has 1 saturated carbocycles. The zero-order chi connectivity index (χ0) is 12.1. The van der Waals surface area contributed by atoms with Crippen molar-refractivity contribution in [3.8, 4) is 0 Å². The van der Waals surface area contributed by atoms with Gasteiger partial charge < -0.3 is 15.1 Å². The number of carboxylic acid groups (broad SMARTS) is 1. The summed E-state index contributed by atoms with van der Waals surface area (Å²) < 4.78 is 0. The maximum atomic E-state index is 11.1. The van der Waals surface area contributed by atoms with Crippen molar-refractivity contribution in [2.45, 2.75) is 52.2 Å². The van der Waals surface area contributed by atoms with Crippen molar-refractivity contribution in [3.63, 3.8) is 0 Å². The molecule has 2 N–H and O–H groups in total. The van der Waals surface area contributed by atoms with Gasteiger partial charge in [0.25, 0.3) is 0 Å². The van der Waals surface area contributed by atoms with E-state index in [1.54, 1.807) is 0 Å². The van der Waals surface area contributed by atoms with Gasteiger partial charge in [0.2, 0.25) is 0 Å². The number of hydrogen-bond acceptors (Lipinski definition) is 2. The smallest absolute Gasteiger partial charge is 0.407 e. The predicted octanol–water partition coefficient (Wildman–Crippen LogP) is 1.93. The molecule has 2 rings (SSSR count). The van der Waals surface area contributed by atoms with Crippen LogP contribution in [0, 0.1) is 10.8 Å². The minimum atomic E-state index is -0.848. The lowest BCUT2D eigenvalue weighted by molar-refractivity contribution is -0.165. The molecule has 1 heterocycles. The highest BCUT2D eigenvalue weighted by Gasteiger charge is 2.61. The van der Waals surface area contributed by atoms with Gasteiger partial charge in [-0.3, -0.25) is 0 Å². The van der Waals surface area contributed by atoms with Gasteiger partial charge in [-0.15, -0.1) is 0 Å². The second-order valence-corrected chi connectivity index (χ2v) is 6.26. The van der Waals surface area contributed by atoms with Crippen LogP contribution in [0.2, 0.25) is 0 Å². The van der Waals surface area contributed by atoms with Gasteiger partial charge in [-0.05, 0) is 24.7 Å². The molecule has 16 heavy (non-hydrogen) atoms. The summed E-state index contributed by atoms with van der Waals surface area (Å²) in [6, 6.07) is 0.00810. The SMILES string of the molecule is CC(C)(C)C12CCC(O)CC1N(C(=O)O)C2. The number of nitrogens with zero attached hydrogens (tertiary/aromatic N) is 1. The van der Waals surface area contributed by atoms with Crippen LogP contribution in [0.25, 0.3) is 0 Å². The summed E-state index contributed by atoms with van der Waals surface area (Å²) >= 11 is 0. The van der Waals surface area contributed by atoms with E-state index < -0.39 is 6.09 Å². The Hall–Kier alpha value is -0.770. The molecule has 0 bridgehead atoms. The predicted molar refractivity (Wildman–Crippen MR) is 60.3 cm³/mol. The molecule has 1 aliphatic carbocycles. The van der Waals surface area contributed by atoms with Crippen LogP contribution < -0.4 is 0 Å². The first-order chi connectivity index (χ1) is 7.28. The minimum absolute atomic E-state index is 0.00810. The first-order valence-electron chi connectivity index (χ1n) is 5.95. The summed E-state index contributed by atoms with van der Waals surface area (Å²) in [4.78, 5) is 12.6. The summed E-state index contributed by atoms with van der Waals surface area (Å²) in [5, 5.41) is 18.8. The van der Waals surface area contributed by atoms with Gasteiger partial charge in [-0.25, -0.2) is 4.79 Å². The third-order valence-electron chi connectivity index (χ3n) is 4.62. The van der Waals surface area contributed by atoms with E-state index >= 15 is 0 Å². The van der Waals surface area contributed by atoms with E-state index in [-0.39, 0.29) is 23.0 Å². The maximum absolute atomic E-state index is 11.1. The van der Waals surface area contributed by atoms with E-state index in [9.17, 15) is 9.90 Å². The third-order valence-corrected chi connectivity index (χ3v) is 4.62. The van der Waals surface area contributed by atoms with Crippen LogP contribution in [0.5, 0.6) is 0 Å². The zero-order valence-corrected chi connectivity index (χ0v) is 10.2. The fourth-order valence-corrected chi connectivity index (χ4v) is 3.42. The molecule has 2 aliphatic rings. The largest absolute Gasteiger partial charge is 0.465 e. The maximum Gasteiger partial charge on any atom is 0.407 e. The Morgan fingerprint density at radius 2 is 2.06 bits per heavy atom. The van der Waals surface area contributed by atoms with Crippen LogP contribution in [-0.2, 0) is 0 Å². The average molecular weight is 227 g/mol. The normalized spacial score (nSPS) is 38.9. The molecule has 1 amide bonds. The highest BCUT2D eigenvalue weighted by Crippen LogP contribution is 2.57. The van der Waals surface area contributed by atoms with Crippen molar-refractivity contribution >= 4 is 6.09 Å². The fraction of sp³-hybridized carbons (Fsp3) is 0.917. The number of carbonyl (C=O) groups is 1. The third kappa shape index (κ3) is 1.43. The Balaban J connectivity index is 2.24. The molecule has 1 aliphatic heterocycles. The van der Waals surface area contributed by atoms with Gasteiger partial charge in [0, 0.05) is 18.0 Å². The highest BCUT2D eigenvalue weighted by atomic mass is 16.4. The van der Waals surface area contributed by atoms with Crippen LogP contribution in [0.3, 0.4) is 0 Å².